The average molecular weight is 692 g/mol. The Hall–Kier alpha value is -5.54. The van der Waals surface area contributed by atoms with Crippen molar-refractivity contribution in [2.75, 3.05) is 30.9 Å². The van der Waals surface area contributed by atoms with Gasteiger partial charge in [-0.25, -0.2) is 18.0 Å². The molecule has 5 rings (SSSR count). The van der Waals surface area contributed by atoms with Gasteiger partial charge >= 0.3 is 5.97 Å². The van der Waals surface area contributed by atoms with Gasteiger partial charge in [-0.15, -0.1) is 0 Å². The third-order valence-corrected chi connectivity index (χ3v) is 8.66. The van der Waals surface area contributed by atoms with Crippen LogP contribution >= 0.6 is 11.6 Å². The van der Waals surface area contributed by atoms with Crippen molar-refractivity contribution in [1.29, 1.82) is 0 Å². The Morgan fingerprint density at radius 2 is 1.62 bits per heavy atom. The van der Waals surface area contributed by atoms with Crippen LogP contribution in [0.15, 0.2) is 99.6 Å². The molecule has 0 unspecified atom stereocenters. The Labute approximate surface area is 280 Å². The van der Waals surface area contributed by atoms with Gasteiger partial charge in [-0.2, -0.15) is 4.98 Å². The molecule has 14 nitrogen and oxygen atoms in total. The first-order valence-corrected chi connectivity index (χ1v) is 16.5. The van der Waals surface area contributed by atoms with Crippen LogP contribution in [0.25, 0.3) is 0 Å². The Morgan fingerprint density at radius 1 is 0.896 bits per heavy atom. The van der Waals surface area contributed by atoms with Crippen LogP contribution in [0.5, 0.6) is 5.88 Å². The Balaban J connectivity index is 1.05. The number of nitrogens with one attached hydrogen (secondary N) is 3. The van der Waals surface area contributed by atoms with Crippen molar-refractivity contribution in [1.82, 2.24) is 25.6 Å². The molecule has 3 aromatic carbocycles. The number of ether oxygens (including phenoxy) is 2. The fourth-order valence-corrected chi connectivity index (χ4v) is 5.65. The van der Waals surface area contributed by atoms with E-state index in [0.29, 0.717) is 35.6 Å². The van der Waals surface area contributed by atoms with E-state index < -0.39 is 20.8 Å². The second-order valence-corrected chi connectivity index (χ2v) is 12.4. The van der Waals surface area contributed by atoms with Crippen molar-refractivity contribution in [2.45, 2.75) is 29.2 Å². The molecule has 0 radical (unpaired) electrons. The van der Waals surface area contributed by atoms with Crippen LogP contribution in [-0.2, 0) is 25.8 Å². The molecule has 2 aromatic heterocycles. The molecule has 2 heterocycles. The molecule has 0 fully saturated rings. The summed E-state index contributed by atoms with van der Waals surface area (Å²) >= 11 is 6.31. The van der Waals surface area contributed by atoms with E-state index in [0.717, 1.165) is 5.56 Å². The van der Waals surface area contributed by atoms with Gasteiger partial charge in [0.15, 0.2) is 5.82 Å². The standard InChI is InChI=1S/C32H30ClN7O7S/c1-34-29(42)24-11-5-6-12-26(24)37-28-25(33)20-35-32(38-28)36-22-15-13-21(14-16-22)19-27(41)45-17-7-8-18-46-30-31(40-47-39-30)48(43,44)23-9-3-2-4-10-23/h2-6,9-16,20H,7-8,17-19H2,1H3,(H,34,42)(H2,35,36,37,38). The first-order valence-electron chi connectivity index (χ1n) is 14.6. The van der Waals surface area contributed by atoms with Gasteiger partial charge in [0.1, 0.15) is 5.02 Å². The summed E-state index contributed by atoms with van der Waals surface area (Å²) in [6, 6.07) is 21.8. The normalized spacial score (nSPS) is 11.0. The number of halogens is 1. The van der Waals surface area contributed by atoms with Crippen LogP contribution in [0, 0.1) is 0 Å². The van der Waals surface area contributed by atoms with Gasteiger partial charge < -0.3 is 25.4 Å². The lowest BCUT2D eigenvalue weighted by Crippen LogP contribution is -2.19. The predicted octanol–water partition coefficient (Wildman–Crippen LogP) is 5.14. The van der Waals surface area contributed by atoms with Gasteiger partial charge in [0, 0.05) is 12.7 Å². The number of nitrogens with zero attached hydrogens (tertiary/aromatic N) is 4. The van der Waals surface area contributed by atoms with Crippen molar-refractivity contribution >= 4 is 56.5 Å². The summed E-state index contributed by atoms with van der Waals surface area (Å²) in [4.78, 5) is 33.3. The quantitative estimate of drug-likeness (QED) is 0.0968. The highest BCUT2D eigenvalue weighted by Gasteiger charge is 2.28. The monoisotopic (exact) mass is 691 g/mol. The van der Waals surface area contributed by atoms with E-state index in [9.17, 15) is 18.0 Å². The summed E-state index contributed by atoms with van der Waals surface area (Å²) in [6.45, 7) is 0.279. The number of sulfone groups is 1. The van der Waals surface area contributed by atoms with Gasteiger partial charge in [0.25, 0.3) is 16.8 Å². The van der Waals surface area contributed by atoms with E-state index in [1.54, 1.807) is 73.8 Å². The molecule has 0 atom stereocenters. The highest BCUT2D eigenvalue weighted by Crippen LogP contribution is 2.28. The number of carbonyl (C=O) groups excluding carboxylic acids is 2. The molecular formula is C32H30ClN7O7S. The maximum Gasteiger partial charge on any atom is 0.310 e. The van der Waals surface area contributed by atoms with Gasteiger partial charge in [0.05, 0.1) is 42.0 Å². The van der Waals surface area contributed by atoms with Crippen LogP contribution in [-0.4, -0.2) is 60.8 Å². The zero-order valence-corrected chi connectivity index (χ0v) is 27.1. The van der Waals surface area contributed by atoms with Crippen LogP contribution in [0.4, 0.5) is 23.1 Å². The maximum atomic E-state index is 12.8. The van der Waals surface area contributed by atoms with E-state index in [4.69, 9.17) is 21.1 Å². The number of para-hydroxylation sites is 1. The highest BCUT2D eigenvalue weighted by atomic mass is 35.5. The third-order valence-electron chi connectivity index (χ3n) is 6.73. The molecular weight excluding hydrogens is 662 g/mol. The molecule has 0 spiro atoms. The Morgan fingerprint density at radius 3 is 2.40 bits per heavy atom. The van der Waals surface area contributed by atoms with Crippen molar-refractivity contribution in [3.63, 3.8) is 0 Å². The number of hydrogen-bond donors (Lipinski definition) is 3. The molecule has 0 aliphatic heterocycles. The van der Waals surface area contributed by atoms with Crippen LogP contribution < -0.4 is 20.7 Å². The number of benzene rings is 3. The minimum Gasteiger partial charge on any atom is -0.473 e. The summed E-state index contributed by atoms with van der Waals surface area (Å²) in [7, 11) is -2.39. The number of anilines is 4. The number of esters is 1. The van der Waals surface area contributed by atoms with Crippen LogP contribution in [0.1, 0.15) is 28.8 Å². The molecule has 3 N–H and O–H groups in total. The lowest BCUT2D eigenvalue weighted by atomic mass is 10.1. The van der Waals surface area contributed by atoms with E-state index in [-0.39, 0.29) is 47.3 Å². The SMILES string of the molecule is CNC(=O)c1ccccc1Nc1nc(Nc2ccc(CC(=O)OCCCCOc3nonc3S(=O)(=O)c3ccccc3)cc2)ncc1Cl. The largest absolute Gasteiger partial charge is 0.473 e. The molecule has 16 heteroatoms. The lowest BCUT2D eigenvalue weighted by molar-refractivity contribution is -0.143. The fourth-order valence-electron chi connectivity index (χ4n) is 4.32. The van der Waals surface area contributed by atoms with Crippen LogP contribution in [0.2, 0.25) is 5.02 Å². The van der Waals surface area contributed by atoms with E-state index in [1.807, 2.05) is 0 Å². The minimum atomic E-state index is -3.94. The van der Waals surface area contributed by atoms with Crippen molar-refractivity contribution in [2.24, 2.45) is 0 Å². The second kappa shape index (κ2) is 15.8. The molecule has 0 aliphatic carbocycles. The zero-order valence-electron chi connectivity index (χ0n) is 25.6. The number of aromatic nitrogens is 4. The maximum absolute atomic E-state index is 12.8. The molecule has 5 aromatic rings. The minimum absolute atomic E-state index is 0.0455. The summed E-state index contributed by atoms with van der Waals surface area (Å²) in [5, 5.41) is 15.7. The molecule has 0 bridgehead atoms. The van der Waals surface area contributed by atoms with E-state index >= 15 is 0 Å². The third kappa shape index (κ3) is 8.63. The summed E-state index contributed by atoms with van der Waals surface area (Å²) in [6.07, 6.45) is 2.46. The number of hydrogen-bond acceptors (Lipinski definition) is 13. The molecule has 1 amide bonds. The lowest BCUT2D eigenvalue weighted by Gasteiger charge is -2.13. The zero-order chi connectivity index (χ0) is 33.9. The van der Waals surface area contributed by atoms with Crippen molar-refractivity contribution in [3.8, 4) is 5.88 Å². The van der Waals surface area contributed by atoms with Crippen molar-refractivity contribution in [3.05, 3.63) is 101 Å². The fraction of sp³-hybridized carbons (Fsp3) is 0.188. The summed E-state index contributed by atoms with van der Waals surface area (Å²) in [5.41, 5.74) is 2.38. The van der Waals surface area contributed by atoms with Gasteiger partial charge in [-0.05, 0) is 65.1 Å². The second-order valence-electron chi connectivity index (χ2n) is 10.1. The average Bonchev–Trinajstić information content (AvgIpc) is 3.58. The number of unbranched alkanes of at least 4 members (excludes halogenated alkanes) is 1. The number of amides is 1. The van der Waals surface area contributed by atoms with Crippen LogP contribution in [0.3, 0.4) is 0 Å². The Kier molecular flexibility index (Phi) is 11.2. The predicted molar refractivity (Wildman–Crippen MR) is 175 cm³/mol. The summed E-state index contributed by atoms with van der Waals surface area (Å²) < 4.78 is 40.9. The van der Waals surface area contributed by atoms with Crippen molar-refractivity contribution < 1.29 is 32.1 Å². The summed E-state index contributed by atoms with van der Waals surface area (Å²) in [5.74, 6) is -0.303. The topological polar surface area (TPSA) is 188 Å². The van der Waals surface area contributed by atoms with E-state index in [1.165, 1.54) is 18.3 Å². The van der Waals surface area contributed by atoms with Gasteiger partial charge in [-0.1, -0.05) is 54.1 Å². The molecule has 248 valence electrons. The number of rotatable bonds is 15. The first kappa shape index (κ1) is 33.8. The Bertz CT molecular complexity index is 1970. The molecule has 0 aliphatic rings. The van der Waals surface area contributed by atoms with E-state index in [2.05, 4.69) is 40.9 Å². The smallest absolute Gasteiger partial charge is 0.310 e. The first-order chi connectivity index (χ1) is 23.2. The molecule has 0 saturated carbocycles. The molecule has 0 saturated heterocycles. The molecule has 48 heavy (non-hydrogen) atoms. The van der Waals surface area contributed by atoms with Gasteiger partial charge in [-0.3, -0.25) is 9.59 Å². The van der Waals surface area contributed by atoms with Gasteiger partial charge in [0.2, 0.25) is 15.8 Å². The highest BCUT2D eigenvalue weighted by molar-refractivity contribution is 7.91. The number of carbonyl (C=O) groups is 2.